The van der Waals surface area contributed by atoms with E-state index in [4.69, 9.17) is 4.74 Å². The van der Waals surface area contributed by atoms with Crippen LogP contribution in [0.2, 0.25) is 0 Å². The van der Waals surface area contributed by atoms with Crippen LogP contribution in [-0.2, 0) is 16.0 Å². The molecule has 1 saturated carbocycles. The summed E-state index contributed by atoms with van der Waals surface area (Å²) < 4.78 is 18.8. The van der Waals surface area contributed by atoms with E-state index in [-0.39, 0.29) is 29.2 Å². The highest BCUT2D eigenvalue weighted by Crippen LogP contribution is 2.54. The lowest BCUT2D eigenvalue weighted by Crippen LogP contribution is -2.86. The molecule has 4 atom stereocenters. The van der Waals surface area contributed by atoms with Crippen molar-refractivity contribution in [3.8, 4) is 0 Å². The van der Waals surface area contributed by atoms with Gasteiger partial charge in [-0.2, -0.15) is 0 Å². The Bertz CT molecular complexity index is 741. The Balaban J connectivity index is 1.36. The van der Waals surface area contributed by atoms with Crippen molar-refractivity contribution in [1.82, 2.24) is 0 Å². The lowest BCUT2D eigenvalue weighted by Gasteiger charge is -2.45. The van der Waals surface area contributed by atoms with E-state index in [2.05, 4.69) is 19.2 Å². The van der Waals surface area contributed by atoms with Gasteiger partial charge in [0.15, 0.2) is 0 Å². The number of allylic oxidation sites excluding steroid dienone is 2. The van der Waals surface area contributed by atoms with E-state index in [1.165, 1.54) is 31.4 Å². The number of carbonyl (C=O) groups excluding carboxylic acids is 1. The molecule has 2 aliphatic carbocycles. The Morgan fingerprint density at radius 2 is 2.07 bits per heavy atom. The topological polar surface area (TPSA) is 42.9 Å². The van der Waals surface area contributed by atoms with Crippen LogP contribution in [0.1, 0.15) is 51.5 Å². The molecule has 1 heterocycles. The third kappa shape index (κ3) is 3.69. The maximum absolute atomic E-state index is 13.0. The van der Waals surface area contributed by atoms with Gasteiger partial charge in [0, 0.05) is 12.3 Å². The standard InChI is InChI=1S/C23H30FNO2/c1-15-4-3-10-23(2)13-21-18(12-20(15)23)19(22(26)27-21)14-25-11-9-16-5-7-17(24)8-6-16/h5-8,18-19,21,25H,3-4,9-14H2,1-2H3/p+1/t18-,19+,21-,23-/m1/s1. The van der Waals surface area contributed by atoms with Crippen LogP contribution in [0.4, 0.5) is 4.39 Å². The summed E-state index contributed by atoms with van der Waals surface area (Å²) >= 11 is 0. The Labute approximate surface area is 161 Å². The molecule has 1 aliphatic heterocycles. The number of nitrogens with two attached hydrogens (primary N) is 1. The molecule has 0 spiro atoms. The molecular formula is C23H31FNO2+. The van der Waals surface area contributed by atoms with Crippen molar-refractivity contribution in [2.75, 3.05) is 13.1 Å². The second kappa shape index (κ2) is 7.38. The summed E-state index contributed by atoms with van der Waals surface area (Å²) in [5.74, 6) is 0.160. The Morgan fingerprint density at radius 1 is 1.30 bits per heavy atom. The van der Waals surface area contributed by atoms with Gasteiger partial charge in [-0.3, -0.25) is 4.79 Å². The predicted molar refractivity (Wildman–Crippen MR) is 103 cm³/mol. The van der Waals surface area contributed by atoms with E-state index >= 15 is 0 Å². The zero-order valence-corrected chi connectivity index (χ0v) is 16.5. The second-order valence-corrected chi connectivity index (χ2v) is 9.02. The van der Waals surface area contributed by atoms with Crippen molar-refractivity contribution >= 4 is 5.97 Å². The van der Waals surface area contributed by atoms with Crippen molar-refractivity contribution in [2.45, 2.75) is 58.5 Å². The van der Waals surface area contributed by atoms with Crippen LogP contribution in [0.25, 0.3) is 0 Å². The third-order valence-electron chi connectivity index (χ3n) is 7.15. The van der Waals surface area contributed by atoms with Gasteiger partial charge in [0.2, 0.25) is 0 Å². The fourth-order valence-electron chi connectivity index (χ4n) is 5.60. The maximum atomic E-state index is 13.0. The molecule has 2 fully saturated rings. The number of rotatable bonds is 5. The Hall–Kier alpha value is -1.68. The average Bonchev–Trinajstić information content (AvgIpc) is 2.92. The molecule has 0 amide bonds. The number of ether oxygens (including phenoxy) is 1. The molecule has 3 aliphatic rings. The summed E-state index contributed by atoms with van der Waals surface area (Å²) in [7, 11) is 0. The molecule has 4 rings (SSSR count). The van der Waals surface area contributed by atoms with Crippen molar-refractivity contribution < 1.29 is 19.2 Å². The number of hydrogen-bond acceptors (Lipinski definition) is 2. The number of hydrogen-bond donors (Lipinski definition) is 1. The van der Waals surface area contributed by atoms with Gasteiger partial charge in [-0.15, -0.1) is 0 Å². The second-order valence-electron chi connectivity index (χ2n) is 9.02. The van der Waals surface area contributed by atoms with Gasteiger partial charge in [0.25, 0.3) is 0 Å². The minimum Gasteiger partial charge on any atom is -0.462 e. The first-order valence-electron chi connectivity index (χ1n) is 10.4. The number of esters is 1. The summed E-state index contributed by atoms with van der Waals surface area (Å²) in [6.07, 6.45) is 6.74. The molecule has 27 heavy (non-hydrogen) atoms. The van der Waals surface area contributed by atoms with Crippen molar-refractivity contribution in [3.05, 3.63) is 46.8 Å². The Morgan fingerprint density at radius 3 is 2.85 bits per heavy atom. The number of carbonyl (C=O) groups is 1. The fourth-order valence-corrected chi connectivity index (χ4v) is 5.60. The highest BCUT2D eigenvalue weighted by molar-refractivity contribution is 5.75. The van der Waals surface area contributed by atoms with Gasteiger partial charge in [0.1, 0.15) is 17.8 Å². The normalized spacial score (nSPS) is 32.9. The number of benzene rings is 1. The lowest BCUT2D eigenvalue weighted by molar-refractivity contribution is -0.658. The van der Waals surface area contributed by atoms with Crippen LogP contribution in [0.15, 0.2) is 35.4 Å². The first-order chi connectivity index (χ1) is 13.0. The van der Waals surface area contributed by atoms with Gasteiger partial charge in [-0.1, -0.05) is 30.2 Å². The number of fused-ring (bicyclic) bond motifs is 2. The summed E-state index contributed by atoms with van der Waals surface area (Å²) in [5.41, 5.74) is 4.55. The van der Waals surface area contributed by atoms with Gasteiger partial charge in [-0.25, -0.2) is 4.39 Å². The van der Waals surface area contributed by atoms with E-state index < -0.39 is 0 Å². The zero-order chi connectivity index (χ0) is 19.0. The molecule has 4 heteroatoms. The SMILES string of the molecule is CC1=C2C[C@@H]3[C@H](C[NH2+]CCc4ccc(F)cc4)C(=O)O[C@@H]3C[C@@]2(C)CCC1. The monoisotopic (exact) mass is 372 g/mol. The first-order valence-corrected chi connectivity index (χ1v) is 10.4. The van der Waals surface area contributed by atoms with Gasteiger partial charge >= 0.3 is 5.97 Å². The van der Waals surface area contributed by atoms with E-state index in [1.54, 1.807) is 11.1 Å². The average molecular weight is 373 g/mol. The lowest BCUT2D eigenvalue weighted by atomic mass is 9.59. The molecule has 0 radical (unpaired) electrons. The molecule has 0 bridgehead atoms. The zero-order valence-electron chi connectivity index (χ0n) is 16.5. The van der Waals surface area contributed by atoms with E-state index in [9.17, 15) is 9.18 Å². The third-order valence-corrected chi connectivity index (χ3v) is 7.15. The Kier molecular flexibility index (Phi) is 5.11. The van der Waals surface area contributed by atoms with Gasteiger partial charge < -0.3 is 10.1 Å². The van der Waals surface area contributed by atoms with Crippen molar-refractivity contribution in [3.63, 3.8) is 0 Å². The van der Waals surface area contributed by atoms with E-state index in [1.807, 2.05) is 12.1 Å². The van der Waals surface area contributed by atoms with E-state index in [0.717, 1.165) is 37.9 Å². The highest BCUT2D eigenvalue weighted by atomic mass is 19.1. The molecule has 0 aromatic heterocycles. The molecule has 0 unspecified atom stereocenters. The highest BCUT2D eigenvalue weighted by Gasteiger charge is 2.53. The van der Waals surface area contributed by atoms with Crippen LogP contribution in [0, 0.1) is 23.1 Å². The summed E-state index contributed by atoms with van der Waals surface area (Å²) in [4.78, 5) is 12.5. The van der Waals surface area contributed by atoms with Crippen LogP contribution in [0.3, 0.4) is 0 Å². The summed E-state index contributed by atoms with van der Waals surface area (Å²) in [5, 5.41) is 2.23. The van der Waals surface area contributed by atoms with Crippen LogP contribution in [0.5, 0.6) is 0 Å². The van der Waals surface area contributed by atoms with Crippen LogP contribution >= 0.6 is 0 Å². The maximum Gasteiger partial charge on any atom is 0.315 e. The van der Waals surface area contributed by atoms with Crippen LogP contribution in [-0.4, -0.2) is 25.2 Å². The molecular weight excluding hydrogens is 341 g/mol. The first kappa shape index (κ1) is 18.7. The molecule has 3 nitrogen and oxygen atoms in total. The number of halogens is 1. The molecule has 1 aromatic rings. The number of quaternary nitrogens is 1. The van der Waals surface area contributed by atoms with Crippen molar-refractivity contribution in [2.24, 2.45) is 17.3 Å². The molecule has 146 valence electrons. The minimum absolute atomic E-state index is 0.00327. The molecule has 1 aromatic carbocycles. The minimum atomic E-state index is -0.195. The smallest absolute Gasteiger partial charge is 0.315 e. The van der Waals surface area contributed by atoms with Crippen LogP contribution < -0.4 is 5.32 Å². The quantitative estimate of drug-likeness (QED) is 0.489. The summed E-state index contributed by atoms with van der Waals surface area (Å²) in [6.45, 7) is 6.36. The molecule has 1 saturated heterocycles. The van der Waals surface area contributed by atoms with Gasteiger partial charge in [-0.05, 0) is 62.1 Å². The molecule has 2 N–H and O–H groups in total. The fraction of sp³-hybridized carbons (Fsp3) is 0.609. The van der Waals surface area contributed by atoms with Crippen molar-refractivity contribution in [1.29, 1.82) is 0 Å². The van der Waals surface area contributed by atoms with Gasteiger partial charge in [0.05, 0.1) is 13.1 Å². The van der Waals surface area contributed by atoms with E-state index in [0.29, 0.717) is 5.92 Å². The summed E-state index contributed by atoms with van der Waals surface area (Å²) in [6, 6.07) is 6.69. The largest absolute Gasteiger partial charge is 0.462 e. The predicted octanol–water partition coefficient (Wildman–Crippen LogP) is 3.39.